The van der Waals surface area contributed by atoms with Crippen molar-refractivity contribution in [2.45, 2.75) is 38.7 Å². The molecule has 7 heteroatoms. The monoisotopic (exact) mass is 318 g/mol. The minimum atomic E-state index is -2.94. The van der Waals surface area contributed by atoms with E-state index in [1.807, 2.05) is 0 Å². The van der Waals surface area contributed by atoms with Crippen molar-refractivity contribution in [3.05, 3.63) is 0 Å². The number of ether oxygens (including phenoxy) is 1. The van der Waals surface area contributed by atoms with Crippen molar-refractivity contribution in [2.24, 2.45) is 5.92 Å². The highest BCUT2D eigenvalue weighted by atomic mass is 32.2. The van der Waals surface area contributed by atoms with E-state index in [-0.39, 0.29) is 30.6 Å². The Labute approximate surface area is 127 Å². The molecule has 0 aromatic carbocycles. The number of nitrogens with zero attached hydrogens (tertiary/aromatic N) is 1. The van der Waals surface area contributed by atoms with Crippen LogP contribution in [0.15, 0.2) is 0 Å². The standard InChI is InChI=1S/C14H26N2O4S/c1-12-4-2-3-5-13(12)20-9-6-15-14(17)16-7-10-21(18,19)11-8-16/h12-13H,2-11H2,1H3,(H,15,17)/t12-,13+/m0/s1. The molecule has 0 aromatic rings. The van der Waals surface area contributed by atoms with Crippen LogP contribution in [0.2, 0.25) is 0 Å². The van der Waals surface area contributed by atoms with Crippen LogP contribution in [0, 0.1) is 5.92 Å². The average molecular weight is 318 g/mol. The zero-order valence-electron chi connectivity index (χ0n) is 12.7. The molecule has 1 saturated carbocycles. The second kappa shape index (κ2) is 7.45. The molecule has 2 amide bonds. The van der Waals surface area contributed by atoms with E-state index in [9.17, 15) is 13.2 Å². The van der Waals surface area contributed by atoms with E-state index in [2.05, 4.69) is 12.2 Å². The van der Waals surface area contributed by atoms with Crippen LogP contribution in [-0.4, -0.2) is 63.2 Å². The van der Waals surface area contributed by atoms with Crippen molar-refractivity contribution >= 4 is 15.9 Å². The van der Waals surface area contributed by atoms with Crippen molar-refractivity contribution in [1.82, 2.24) is 10.2 Å². The molecule has 0 bridgehead atoms. The summed E-state index contributed by atoms with van der Waals surface area (Å²) >= 11 is 0. The smallest absolute Gasteiger partial charge is 0.317 e. The maximum Gasteiger partial charge on any atom is 0.317 e. The van der Waals surface area contributed by atoms with E-state index >= 15 is 0 Å². The molecule has 0 radical (unpaired) electrons. The topological polar surface area (TPSA) is 75.7 Å². The molecule has 1 saturated heterocycles. The van der Waals surface area contributed by atoms with Crippen molar-refractivity contribution in [1.29, 1.82) is 0 Å². The number of hydrogen-bond acceptors (Lipinski definition) is 4. The first kappa shape index (κ1) is 16.5. The number of urea groups is 1. The van der Waals surface area contributed by atoms with Crippen LogP contribution in [0.1, 0.15) is 32.6 Å². The summed E-state index contributed by atoms with van der Waals surface area (Å²) in [6.07, 6.45) is 5.16. The highest BCUT2D eigenvalue weighted by Crippen LogP contribution is 2.25. The summed E-state index contributed by atoms with van der Waals surface area (Å²) in [6.45, 7) is 3.79. The molecule has 2 fully saturated rings. The summed E-state index contributed by atoms with van der Waals surface area (Å²) in [7, 11) is -2.94. The first-order valence-electron chi connectivity index (χ1n) is 7.83. The average Bonchev–Trinajstić information content (AvgIpc) is 2.45. The summed E-state index contributed by atoms with van der Waals surface area (Å²) in [5.41, 5.74) is 0. The van der Waals surface area contributed by atoms with Gasteiger partial charge in [-0.3, -0.25) is 0 Å². The number of amides is 2. The summed E-state index contributed by atoms with van der Waals surface area (Å²) in [6, 6.07) is -0.190. The molecular formula is C14H26N2O4S. The normalized spacial score (nSPS) is 29.1. The molecule has 2 atom stereocenters. The molecule has 0 aromatic heterocycles. The first-order chi connectivity index (χ1) is 9.98. The third-order valence-corrected chi connectivity index (χ3v) is 5.98. The van der Waals surface area contributed by atoms with E-state index in [0.29, 0.717) is 25.2 Å². The molecule has 2 aliphatic rings. The lowest BCUT2D eigenvalue weighted by Gasteiger charge is -2.29. The Morgan fingerprint density at radius 2 is 1.90 bits per heavy atom. The molecule has 1 aliphatic carbocycles. The molecule has 21 heavy (non-hydrogen) atoms. The third-order valence-electron chi connectivity index (χ3n) is 4.37. The number of nitrogens with one attached hydrogen (secondary N) is 1. The minimum Gasteiger partial charge on any atom is -0.376 e. The van der Waals surface area contributed by atoms with Gasteiger partial charge in [0.05, 0.1) is 24.2 Å². The second-order valence-electron chi connectivity index (χ2n) is 6.04. The van der Waals surface area contributed by atoms with E-state index in [0.717, 1.165) is 6.42 Å². The van der Waals surface area contributed by atoms with Gasteiger partial charge in [-0.2, -0.15) is 0 Å². The van der Waals surface area contributed by atoms with E-state index in [1.54, 1.807) is 4.90 Å². The predicted octanol–water partition coefficient (Wildman–Crippen LogP) is 1.02. The lowest BCUT2D eigenvalue weighted by molar-refractivity contribution is -0.00269. The van der Waals surface area contributed by atoms with Gasteiger partial charge in [-0.25, -0.2) is 13.2 Å². The minimum absolute atomic E-state index is 0.0660. The molecule has 0 spiro atoms. The van der Waals surface area contributed by atoms with Gasteiger partial charge in [0.1, 0.15) is 0 Å². The Balaban J connectivity index is 1.61. The van der Waals surface area contributed by atoms with Crippen LogP contribution in [0.4, 0.5) is 4.79 Å². The van der Waals surface area contributed by atoms with Gasteiger partial charge in [0.25, 0.3) is 0 Å². The molecule has 0 unspecified atom stereocenters. The lowest BCUT2D eigenvalue weighted by Crippen LogP contribution is -2.48. The summed E-state index contributed by atoms with van der Waals surface area (Å²) in [4.78, 5) is 13.4. The van der Waals surface area contributed by atoms with Crippen LogP contribution < -0.4 is 5.32 Å². The fourth-order valence-electron chi connectivity index (χ4n) is 2.93. The summed E-state index contributed by atoms with van der Waals surface area (Å²) in [5, 5.41) is 2.80. The molecular weight excluding hydrogens is 292 g/mol. The number of carbonyl (C=O) groups excluding carboxylic acids is 1. The number of carbonyl (C=O) groups is 1. The number of rotatable bonds is 4. The van der Waals surface area contributed by atoms with Gasteiger partial charge in [0.2, 0.25) is 0 Å². The Bertz CT molecular complexity index is 438. The van der Waals surface area contributed by atoms with Gasteiger partial charge >= 0.3 is 6.03 Å². The second-order valence-corrected chi connectivity index (χ2v) is 8.35. The molecule has 1 aliphatic heterocycles. The van der Waals surface area contributed by atoms with Crippen molar-refractivity contribution in [3.8, 4) is 0 Å². The zero-order valence-corrected chi connectivity index (χ0v) is 13.5. The molecule has 6 nitrogen and oxygen atoms in total. The first-order valence-corrected chi connectivity index (χ1v) is 9.65. The van der Waals surface area contributed by atoms with Crippen LogP contribution in [0.5, 0.6) is 0 Å². The highest BCUT2D eigenvalue weighted by molar-refractivity contribution is 7.91. The zero-order chi connectivity index (χ0) is 15.3. The van der Waals surface area contributed by atoms with Crippen LogP contribution >= 0.6 is 0 Å². The van der Waals surface area contributed by atoms with E-state index < -0.39 is 9.84 Å². The fraction of sp³-hybridized carbons (Fsp3) is 0.929. The van der Waals surface area contributed by atoms with Gasteiger partial charge in [0.15, 0.2) is 9.84 Å². The van der Waals surface area contributed by atoms with Crippen LogP contribution in [0.25, 0.3) is 0 Å². The van der Waals surface area contributed by atoms with Crippen molar-refractivity contribution in [2.75, 3.05) is 37.7 Å². The predicted molar refractivity (Wildman–Crippen MR) is 81.0 cm³/mol. The largest absolute Gasteiger partial charge is 0.376 e. The highest BCUT2D eigenvalue weighted by Gasteiger charge is 2.25. The molecule has 1 heterocycles. The van der Waals surface area contributed by atoms with Crippen LogP contribution in [-0.2, 0) is 14.6 Å². The van der Waals surface area contributed by atoms with Gasteiger partial charge in [-0.1, -0.05) is 19.8 Å². The Morgan fingerprint density at radius 3 is 2.57 bits per heavy atom. The number of hydrogen-bond donors (Lipinski definition) is 1. The van der Waals surface area contributed by atoms with Gasteiger partial charge in [-0.05, 0) is 18.8 Å². The quantitative estimate of drug-likeness (QED) is 0.785. The summed E-state index contributed by atoms with van der Waals surface area (Å²) in [5.74, 6) is 0.731. The number of sulfone groups is 1. The van der Waals surface area contributed by atoms with E-state index in [4.69, 9.17) is 4.74 Å². The maximum absolute atomic E-state index is 11.9. The maximum atomic E-state index is 11.9. The Kier molecular flexibility index (Phi) is 5.87. The third kappa shape index (κ3) is 5.14. The summed E-state index contributed by atoms with van der Waals surface area (Å²) < 4.78 is 28.4. The lowest BCUT2D eigenvalue weighted by atomic mass is 9.88. The van der Waals surface area contributed by atoms with Gasteiger partial charge in [0, 0.05) is 19.6 Å². The molecule has 1 N–H and O–H groups in total. The van der Waals surface area contributed by atoms with Gasteiger partial charge in [-0.15, -0.1) is 0 Å². The van der Waals surface area contributed by atoms with Gasteiger partial charge < -0.3 is 15.0 Å². The molecule has 2 rings (SSSR count). The van der Waals surface area contributed by atoms with Crippen molar-refractivity contribution in [3.63, 3.8) is 0 Å². The fourth-order valence-corrected chi connectivity index (χ4v) is 4.13. The SMILES string of the molecule is C[C@H]1CCCC[C@H]1OCCNC(=O)N1CCS(=O)(=O)CC1. The Morgan fingerprint density at radius 1 is 1.24 bits per heavy atom. The van der Waals surface area contributed by atoms with E-state index in [1.165, 1.54) is 19.3 Å². The molecule has 122 valence electrons. The van der Waals surface area contributed by atoms with Crippen LogP contribution in [0.3, 0.4) is 0 Å². The Hall–Kier alpha value is -0.820. The van der Waals surface area contributed by atoms with Crippen molar-refractivity contribution < 1.29 is 17.9 Å².